The van der Waals surface area contributed by atoms with Crippen molar-refractivity contribution in [1.29, 1.82) is 0 Å². The SMILES string of the molecule is Cc1nc2ccccn2c1C(=O)N1CCN(CCn2nc(C(C)(C)C)ccc2=O)CC1. The Labute approximate surface area is 182 Å². The number of rotatable bonds is 4. The third kappa shape index (κ3) is 4.39. The lowest BCUT2D eigenvalue weighted by atomic mass is 9.92. The molecule has 0 aromatic carbocycles. The Bertz CT molecular complexity index is 1150. The fourth-order valence-electron chi connectivity index (χ4n) is 3.94. The van der Waals surface area contributed by atoms with Crippen LogP contribution in [0.4, 0.5) is 0 Å². The average molecular weight is 423 g/mol. The number of imidazole rings is 1. The molecule has 0 spiro atoms. The molecule has 3 aromatic heterocycles. The number of hydrogen-bond acceptors (Lipinski definition) is 5. The van der Waals surface area contributed by atoms with Crippen LogP contribution in [0.1, 0.15) is 42.6 Å². The van der Waals surface area contributed by atoms with Gasteiger partial charge in [0.1, 0.15) is 11.3 Å². The molecule has 0 atom stereocenters. The van der Waals surface area contributed by atoms with Gasteiger partial charge in [-0.2, -0.15) is 5.10 Å². The smallest absolute Gasteiger partial charge is 0.272 e. The molecule has 0 aliphatic carbocycles. The van der Waals surface area contributed by atoms with Crippen molar-refractivity contribution in [2.45, 2.75) is 39.7 Å². The van der Waals surface area contributed by atoms with Gasteiger partial charge >= 0.3 is 0 Å². The molecule has 4 rings (SSSR count). The van der Waals surface area contributed by atoms with E-state index < -0.39 is 0 Å². The second kappa shape index (κ2) is 8.26. The van der Waals surface area contributed by atoms with Gasteiger partial charge in [-0.25, -0.2) is 9.67 Å². The van der Waals surface area contributed by atoms with Crippen LogP contribution in [-0.4, -0.2) is 67.6 Å². The van der Waals surface area contributed by atoms with Crippen molar-refractivity contribution in [2.24, 2.45) is 0 Å². The van der Waals surface area contributed by atoms with Gasteiger partial charge in [-0.1, -0.05) is 26.8 Å². The summed E-state index contributed by atoms with van der Waals surface area (Å²) in [5, 5.41) is 4.55. The van der Waals surface area contributed by atoms with Crippen LogP contribution in [0, 0.1) is 6.92 Å². The molecule has 3 aromatic rings. The van der Waals surface area contributed by atoms with Gasteiger partial charge in [-0.15, -0.1) is 0 Å². The first-order valence-corrected chi connectivity index (χ1v) is 10.8. The van der Waals surface area contributed by atoms with Crippen LogP contribution < -0.4 is 5.56 Å². The fraction of sp³-hybridized carbons (Fsp3) is 0.478. The van der Waals surface area contributed by atoms with Gasteiger partial charge in [0.2, 0.25) is 0 Å². The number of nitrogens with zero attached hydrogens (tertiary/aromatic N) is 6. The van der Waals surface area contributed by atoms with Crippen LogP contribution in [-0.2, 0) is 12.0 Å². The molecule has 1 aliphatic rings. The molecule has 164 valence electrons. The maximum Gasteiger partial charge on any atom is 0.272 e. The van der Waals surface area contributed by atoms with Gasteiger partial charge in [-0.05, 0) is 25.1 Å². The summed E-state index contributed by atoms with van der Waals surface area (Å²) in [7, 11) is 0. The third-order valence-corrected chi connectivity index (χ3v) is 5.83. The Morgan fingerprint density at radius 3 is 2.48 bits per heavy atom. The fourth-order valence-corrected chi connectivity index (χ4v) is 3.94. The molecule has 0 N–H and O–H groups in total. The minimum atomic E-state index is -0.0998. The van der Waals surface area contributed by atoms with Crippen LogP contribution in [0.3, 0.4) is 0 Å². The number of piperazine rings is 1. The maximum atomic E-state index is 13.1. The van der Waals surface area contributed by atoms with Crippen molar-refractivity contribution in [3.05, 3.63) is 64.0 Å². The Hall–Kier alpha value is -3.00. The van der Waals surface area contributed by atoms with Crippen molar-refractivity contribution < 1.29 is 4.79 Å². The van der Waals surface area contributed by atoms with Gasteiger partial charge in [-0.3, -0.25) is 18.9 Å². The lowest BCUT2D eigenvalue weighted by Crippen LogP contribution is -2.50. The number of carbonyl (C=O) groups is 1. The van der Waals surface area contributed by atoms with E-state index in [-0.39, 0.29) is 16.9 Å². The second-order valence-electron chi connectivity index (χ2n) is 9.14. The van der Waals surface area contributed by atoms with Gasteiger partial charge in [0.05, 0.1) is 17.9 Å². The summed E-state index contributed by atoms with van der Waals surface area (Å²) in [4.78, 5) is 34.0. The normalized spacial score (nSPS) is 15.5. The van der Waals surface area contributed by atoms with Gasteiger partial charge in [0.25, 0.3) is 11.5 Å². The van der Waals surface area contributed by atoms with Gasteiger partial charge in [0, 0.05) is 50.4 Å². The topological polar surface area (TPSA) is 75.7 Å². The molecular formula is C23H30N6O2. The van der Waals surface area contributed by atoms with E-state index in [1.807, 2.05) is 46.7 Å². The first kappa shape index (κ1) is 21.2. The molecule has 0 bridgehead atoms. The van der Waals surface area contributed by atoms with E-state index in [1.54, 1.807) is 10.7 Å². The minimum absolute atomic E-state index is 0.0200. The number of pyridine rings is 1. The highest BCUT2D eigenvalue weighted by molar-refractivity contribution is 5.94. The quantitative estimate of drug-likeness (QED) is 0.642. The predicted molar refractivity (Wildman–Crippen MR) is 119 cm³/mol. The second-order valence-corrected chi connectivity index (χ2v) is 9.14. The van der Waals surface area contributed by atoms with Crippen LogP contribution in [0.2, 0.25) is 0 Å². The summed E-state index contributed by atoms with van der Waals surface area (Å²) in [5.41, 5.74) is 2.91. The molecule has 31 heavy (non-hydrogen) atoms. The van der Waals surface area contributed by atoms with Crippen LogP contribution in [0.25, 0.3) is 5.65 Å². The Morgan fingerprint density at radius 1 is 1.03 bits per heavy atom. The molecule has 1 aliphatic heterocycles. The molecule has 0 unspecified atom stereocenters. The number of aromatic nitrogens is 4. The van der Waals surface area contributed by atoms with E-state index >= 15 is 0 Å². The number of carbonyl (C=O) groups excluding carboxylic acids is 1. The number of amides is 1. The van der Waals surface area contributed by atoms with E-state index in [0.717, 1.165) is 36.7 Å². The van der Waals surface area contributed by atoms with Crippen LogP contribution >= 0.6 is 0 Å². The summed E-state index contributed by atoms with van der Waals surface area (Å²) in [5.74, 6) is 0.0200. The lowest BCUT2D eigenvalue weighted by molar-refractivity contribution is 0.0624. The molecule has 1 saturated heterocycles. The minimum Gasteiger partial charge on any atom is -0.335 e. The standard InChI is InChI=1S/C23H30N6O2/c1-17-21(28-10-6-5-7-19(28)24-17)22(31)27-14-11-26(12-15-27)13-16-29-20(30)9-8-18(25-29)23(2,3)4/h5-10H,11-16H2,1-4H3. The average Bonchev–Trinajstić information content (AvgIpc) is 3.08. The zero-order valence-corrected chi connectivity index (χ0v) is 18.7. The lowest BCUT2D eigenvalue weighted by Gasteiger charge is -2.34. The molecule has 1 fully saturated rings. The third-order valence-electron chi connectivity index (χ3n) is 5.83. The Balaban J connectivity index is 1.38. The van der Waals surface area contributed by atoms with Crippen molar-refractivity contribution in [3.8, 4) is 0 Å². The van der Waals surface area contributed by atoms with Crippen molar-refractivity contribution in [2.75, 3.05) is 32.7 Å². The Morgan fingerprint density at radius 2 is 1.77 bits per heavy atom. The number of aryl methyl sites for hydroxylation is 1. The zero-order chi connectivity index (χ0) is 22.2. The van der Waals surface area contributed by atoms with E-state index in [2.05, 4.69) is 35.8 Å². The van der Waals surface area contributed by atoms with E-state index in [4.69, 9.17) is 0 Å². The Kier molecular flexibility index (Phi) is 5.66. The molecule has 0 radical (unpaired) electrons. The molecule has 4 heterocycles. The first-order chi connectivity index (χ1) is 14.7. The van der Waals surface area contributed by atoms with Crippen molar-refractivity contribution in [1.82, 2.24) is 29.0 Å². The van der Waals surface area contributed by atoms with Crippen molar-refractivity contribution >= 4 is 11.6 Å². The summed E-state index contributed by atoms with van der Waals surface area (Å²) in [6.07, 6.45) is 1.88. The van der Waals surface area contributed by atoms with E-state index in [9.17, 15) is 9.59 Å². The summed E-state index contributed by atoms with van der Waals surface area (Å²) in [6.45, 7) is 12.3. The largest absolute Gasteiger partial charge is 0.335 e. The highest BCUT2D eigenvalue weighted by Crippen LogP contribution is 2.18. The van der Waals surface area contributed by atoms with Crippen molar-refractivity contribution in [3.63, 3.8) is 0 Å². The maximum absolute atomic E-state index is 13.1. The summed E-state index contributed by atoms with van der Waals surface area (Å²) >= 11 is 0. The monoisotopic (exact) mass is 422 g/mol. The molecule has 1 amide bonds. The summed E-state index contributed by atoms with van der Waals surface area (Å²) < 4.78 is 3.42. The summed E-state index contributed by atoms with van der Waals surface area (Å²) in [6, 6.07) is 9.15. The van der Waals surface area contributed by atoms with Crippen LogP contribution in [0.15, 0.2) is 41.3 Å². The zero-order valence-electron chi connectivity index (χ0n) is 18.7. The highest BCUT2D eigenvalue weighted by atomic mass is 16.2. The molecular weight excluding hydrogens is 392 g/mol. The number of fused-ring (bicyclic) bond motifs is 1. The van der Waals surface area contributed by atoms with Gasteiger partial charge in [0.15, 0.2) is 0 Å². The van der Waals surface area contributed by atoms with E-state index in [1.165, 1.54) is 0 Å². The molecule has 8 nitrogen and oxygen atoms in total. The predicted octanol–water partition coefficient (Wildman–Crippen LogP) is 1.95. The number of hydrogen-bond donors (Lipinski definition) is 0. The molecule has 8 heteroatoms. The van der Waals surface area contributed by atoms with Gasteiger partial charge < -0.3 is 4.90 Å². The highest BCUT2D eigenvalue weighted by Gasteiger charge is 2.26. The van der Waals surface area contributed by atoms with Crippen LogP contribution in [0.5, 0.6) is 0 Å². The van der Waals surface area contributed by atoms with E-state index in [0.29, 0.717) is 25.3 Å². The first-order valence-electron chi connectivity index (χ1n) is 10.8. The molecule has 0 saturated carbocycles.